The SMILES string of the molecule is C=CCNC(=O)CCN(C(C)=O)c1ccc(C(C)C)cc1. The first-order chi connectivity index (χ1) is 9.95. The van der Waals surface area contributed by atoms with Crippen LogP contribution in [0.25, 0.3) is 0 Å². The van der Waals surface area contributed by atoms with Gasteiger partial charge in [-0.15, -0.1) is 6.58 Å². The minimum absolute atomic E-state index is 0.0659. The van der Waals surface area contributed by atoms with Crippen molar-refractivity contribution in [3.63, 3.8) is 0 Å². The van der Waals surface area contributed by atoms with Crippen molar-refractivity contribution < 1.29 is 9.59 Å². The van der Waals surface area contributed by atoms with Crippen LogP contribution in [-0.2, 0) is 9.59 Å². The molecule has 4 nitrogen and oxygen atoms in total. The van der Waals surface area contributed by atoms with Gasteiger partial charge in [-0.25, -0.2) is 0 Å². The lowest BCUT2D eigenvalue weighted by molar-refractivity contribution is -0.120. The molecule has 1 aromatic rings. The zero-order valence-corrected chi connectivity index (χ0v) is 13.1. The zero-order chi connectivity index (χ0) is 15.8. The summed E-state index contributed by atoms with van der Waals surface area (Å²) in [6, 6.07) is 7.90. The van der Waals surface area contributed by atoms with Gasteiger partial charge in [0.05, 0.1) is 0 Å². The predicted molar refractivity (Wildman–Crippen MR) is 86.4 cm³/mol. The highest BCUT2D eigenvalue weighted by Crippen LogP contribution is 2.20. The second kappa shape index (κ2) is 8.25. The Kier molecular flexibility index (Phi) is 6.66. The van der Waals surface area contributed by atoms with Crippen molar-refractivity contribution in [1.29, 1.82) is 0 Å². The number of carbonyl (C=O) groups is 2. The van der Waals surface area contributed by atoms with Gasteiger partial charge < -0.3 is 10.2 Å². The quantitative estimate of drug-likeness (QED) is 0.784. The third-order valence-corrected chi connectivity index (χ3v) is 3.26. The molecule has 0 bridgehead atoms. The van der Waals surface area contributed by atoms with Crippen molar-refractivity contribution in [1.82, 2.24) is 5.32 Å². The standard InChI is InChI=1S/C17H24N2O2/c1-5-11-18-17(21)10-12-19(14(4)20)16-8-6-15(7-9-16)13(2)3/h5-9,13H,1,10-12H2,2-4H3,(H,18,21). The lowest BCUT2D eigenvalue weighted by atomic mass is 10.0. The van der Waals surface area contributed by atoms with E-state index in [0.29, 0.717) is 19.0 Å². The summed E-state index contributed by atoms with van der Waals surface area (Å²) in [5.74, 6) is 0.304. The molecule has 0 fully saturated rings. The van der Waals surface area contributed by atoms with E-state index in [1.165, 1.54) is 12.5 Å². The van der Waals surface area contributed by atoms with Crippen LogP contribution < -0.4 is 10.2 Å². The Bertz CT molecular complexity index is 492. The highest BCUT2D eigenvalue weighted by Gasteiger charge is 2.13. The maximum atomic E-state index is 11.8. The Morgan fingerprint density at radius 1 is 1.29 bits per heavy atom. The van der Waals surface area contributed by atoms with Gasteiger partial charge in [0.1, 0.15) is 0 Å². The minimum Gasteiger partial charge on any atom is -0.353 e. The topological polar surface area (TPSA) is 49.4 Å². The third kappa shape index (κ3) is 5.42. The molecule has 0 radical (unpaired) electrons. The average molecular weight is 288 g/mol. The summed E-state index contributed by atoms with van der Waals surface area (Å²) >= 11 is 0. The molecular weight excluding hydrogens is 264 g/mol. The molecule has 1 N–H and O–H groups in total. The number of rotatable bonds is 7. The normalized spacial score (nSPS) is 10.3. The number of benzene rings is 1. The molecule has 0 saturated heterocycles. The van der Waals surface area contributed by atoms with Gasteiger partial charge in [-0.2, -0.15) is 0 Å². The number of anilines is 1. The van der Waals surface area contributed by atoms with Crippen LogP contribution in [0.1, 0.15) is 38.7 Å². The summed E-state index contributed by atoms with van der Waals surface area (Å²) in [5, 5.41) is 2.71. The molecule has 0 atom stereocenters. The van der Waals surface area contributed by atoms with Gasteiger partial charge in [0.25, 0.3) is 0 Å². The van der Waals surface area contributed by atoms with Crippen molar-refractivity contribution in [3.8, 4) is 0 Å². The molecule has 0 aliphatic heterocycles. The van der Waals surface area contributed by atoms with E-state index in [1.54, 1.807) is 11.0 Å². The highest BCUT2D eigenvalue weighted by atomic mass is 16.2. The fourth-order valence-corrected chi connectivity index (χ4v) is 2.00. The van der Waals surface area contributed by atoms with E-state index in [0.717, 1.165) is 5.69 Å². The number of carbonyl (C=O) groups excluding carboxylic acids is 2. The molecule has 2 amide bonds. The summed E-state index contributed by atoms with van der Waals surface area (Å²) < 4.78 is 0. The maximum absolute atomic E-state index is 11.8. The van der Waals surface area contributed by atoms with Gasteiger partial charge in [-0.3, -0.25) is 9.59 Å². The van der Waals surface area contributed by atoms with Crippen LogP contribution in [0, 0.1) is 0 Å². The smallest absolute Gasteiger partial charge is 0.223 e. The number of hydrogen-bond acceptors (Lipinski definition) is 2. The maximum Gasteiger partial charge on any atom is 0.223 e. The van der Waals surface area contributed by atoms with Gasteiger partial charge in [0.15, 0.2) is 0 Å². The van der Waals surface area contributed by atoms with Crippen LogP contribution in [0.15, 0.2) is 36.9 Å². The van der Waals surface area contributed by atoms with Gasteiger partial charge >= 0.3 is 0 Å². The molecule has 114 valence electrons. The van der Waals surface area contributed by atoms with E-state index >= 15 is 0 Å². The van der Waals surface area contributed by atoms with E-state index < -0.39 is 0 Å². The number of nitrogens with one attached hydrogen (secondary N) is 1. The molecule has 0 saturated carbocycles. The first kappa shape index (κ1) is 17.0. The molecule has 1 aromatic carbocycles. The Hall–Kier alpha value is -2.10. The van der Waals surface area contributed by atoms with Gasteiger partial charge in [0.2, 0.25) is 11.8 Å². The molecule has 4 heteroatoms. The lowest BCUT2D eigenvalue weighted by Crippen LogP contribution is -2.33. The zero-order valence-electron chi connectivity index (χ0n) is 13.1. The molecule has 1 rings (SSSR count). The third-order valence-electron chi connectivity index (χ3n) is 3.26. The Morgan fingerprint density at radius 3 is 2.38 bits per heavy atom. The van der Waals surface area contributed by atoms with Crippen LogP contribution >= 0.6 is 0 Å². The summed E-state index contributed by atoms with van der Waals surface area (Å²) in [6.45, 7) is 10.1. The molecule has 0 unspecified atom stereocenters. The monoisotopic (exact) mass is 288 g/mol. The molecule has 0 spiro atoms. The van der Waals surface area contributed by atoms with Crippen molar-refractivity contribution in [2.75, 3.05) is 18.0 Å². The molecule has 0 heterocycles. The van der Waals surface area contributed by atoms with Crippen LogP contribution in [0.5, 0.6) is 0 Å². The fraction of sp³-hybridized carbons (Fsp3) is 0.412. The molecule has 0 aliphatic rings. The van der Waals surface area contributed by atoms with Crippen LogP contribution in [-0.4, -0.2) is 24.9 Å². The predicted octanol–water partition coefficient (Wildman–Crippen LogP) is 2.86. The lowest BCUT2D eigenvalue weighted by Gasteiger charge is -2.21. The molecule has 0 aromatic heterocycles. The summed E-state index contributed by atoms with van der Waals surface area (Å²) in [5.41, 5.74) is 2.05. The van der Waals surface area contributed by atoms with Crippen molar-refractivity contribution in [3.05, 3.63) is 42.5 Å². The van der Waals surface area contributed by atoms with E-state index in [1.807, 2.05) is 24.3 Å². The first-order valence-corrected chi connectivity index (χ1v) is 7.21. The fourth-order valence-electron chi connectivity index (χ4n) is 2.00. The van der Waals surface area contributed by atoms with E-state index in [-0.39, 0.29) is 18.2 Å². The van der Waals surface area contributed by atoms with Crippen LogP contribution in [0.2, 0.25) is 0 Å². The van der Waals surface area contributed by atoms with Gasteiger partial charge in [-0.05, 0) is 23.6 Å². The van der Waals surface area contributed by atoms with Crippen molar-refractivity contribution in [2.45, 2.75) is 33.1 Å². The Morgan fingerprint density at radius 2 is 1.90 bits per heavy atom. The van der Waals surface area contributed by atoms with Crippen molar-refractivity contribution in [2.24, 2.45) is 0 Å². The average Bonchev–Trinajstić information content (AvgIpc) is 2.45. The first-order valence-electron chi connectivity index (χ1n) is 7.21. The van der Waals surface area contributed by atoms with E-state index in [4.69, 9.17) is 0 Å². The van der Waals surface area contributed by atoms with Gasteiger partial charge in [-0.1, -0.05) is 32.1 Å². The highest BCUT2D eigenvalue weighted by molar-refractivity contribution is 5.92. The van der Waals surface area contributed by atoms with Gasteiger partial charge in [0, 0.05) is 32.1 Å². The van der Waals surface area contributed by atoms with Crippen molar-refractivity contribution >= 4 is 17.5 Å². The molecular formula is C17H24N2O2. The number of nitrogens with zero attached hydrogens (tertiary/aromatic N) is 1. The minimum atomic E-state index is -0.0834. The Labute approximate surface area is 126 Å². The summed E-state index contributed by atoms with van der Waals surface area (Å²) in [4.78, 5) is 25.0. The molecule has 0 aliphatic carbocycles. The Balaban J connectivity index is 2.71. The van der Waals surface area contributed by atoms with E-state index in [9.17, 15) is 9.59 Å². The summed E-state index contributed by atoms with van der Waals surface area (Å²) in [6.07, 6.45) is 1.91. The van der Waals surface area contributed by atoms with E-state index in [2.05, 4.69) is 25.7 Å². The summed E-state index contributed by atoms with van der Waals surface area (Å²) in [7, 11) is 0. The second-order valence-electron chi connectivity index (χ2n) is 5.26. The number of hydrogen-bond donors (Lipinski definition) is 1. The second-order valence-corrected chi connectivity index (χ2v) is 5.26. The van der Waals surface area contributed by atoms with Crippen LogP contribution in [0.4, 0.5) is 5.69 Å². The number of amides is 2. The van der Waals surface area contributed by atoms with Crippen LogP contribution in [0.3, 0.4) is 0 Å². The molecule has 21 heavy (non-hydrogen) atoms. The largest absolute Gasteiger partial charge is 0.353 e.